The fourth-order valence-electron chi connectivity index (χ4n) is 3.26. The van der Waals surface area contributed by atoms with Crippen LogP contribution < -0.4 is 5.32 Å². The number of aryl methyl sites for hydroxylation is 2. The second-order valence-electron chi connectivity index (χ2n) is 7.10. The van der Waals surface area contributed by atoms with Crippen molar-refractivity contribution in [2.75, 3.05) is 6.54 Å². The highest BCUT2D eigenvalue weighted by molar-refractivity contribution is 5.96. The predicted molar refractivity (Wildman–Crippen MR) is 104 cm³/mol. The van der Waals surface area contributed by atoms with Crippen LogP contribution in [-0.4, -0.2) is 33.3 Å². The van der Waals surface area contributed by atoms with Gasteiger partial charge < -0.3 is 14.9 Å². The van der Waals surface area contributed by atoms with Gasteiger partial charge in [-0.15, -0.1) is 0 Å². The Kier molecular flexibility index (Phi) is 5.09. The van der Waals surface area contributed by atoms with Crippen molar-refractivity contribution in [2.45, 2.75) is 33.1 Å². The fourth-order valence-corrected chi connectivity index (χ4v) is 3.26. The van der Waals surface area contributed by atoms with Gasteiger partial charge in [0.1, 0.15) is 11.2 Å². The van der Waals surface area contributed by atoms with E-state index in [4.69, 9.17) is 4.52 Å². The Labute approximate surface area is 163 Å². The smallest absolute Gasteiger partial charge is 0.315 e. The molecule has 0 aliphatic carbocycles. The number of carboxylic acid groups (broad SMARTS) is 1. The molecule has 0 radical (unpaired) electrons. The maximum Gasteiger partial charge on any atom is 0.315 e. The van der Waals surface area contributed by atoms with Gasteiger partial charge in [0.05, 0.1) is 5.56 Å². The van der Waals surface area contributed by atoms with E-state index in [9.17, 15) is 14.7 Å². The molecule has 2 heterocycles. The summed E-state index contributed by atoms with van der Waals surface area (Å²) in [5.74, 6) is -0.0506. The lowest BCUT2D eigenvalue weighted by molar-refractivity contribution is -0.142. The molecule has 146 valence electrons. The molecule has 0 saturated carbocycles. The van der Waals surface area contributed by atoms with Crippen molar-refractivity contribution >= 4 is 11.9 Å². The molecule has 7 heteroatoms. The van der Waals surface area contributed by atoms with Crippen LogP contribution in [0, 0.1) is 20.8 Å². The molecule has 1 unspecified atom stereocenters. The summed E-state index contributed by atoms with van der Waals surface area (Å²) in [6.07, 6.45) is 0. The molecule has 1 amide bonds. The van der Waals surface area contributed by atoms with Gasteiger partial charge in [0.25, 0.3) is 5.91 Å². The molecular formula is C21H23N3O4. The monoisotopic (exact) mass is 381 g/mol. The molecule has 2 aromatic heterocycles. The van der Waals surface area contributed by atoms with Crippen molar-refractivity contribution in [1.82, 2.24) is 15.0 Å². The first-order valence-corrected chi connectivity index (χ1v) is 8.94. The van der Waals surface area contributed by atoms with Crippen molar-refractivity contribution in [3.63, 3.8) is 0 Å². The van der Waals surface area contributed by atoms with E-state index in [0.29, 0.717) is 28.4 Å². The van der Waals surface area contributed by atoms with Crippen LogP contribution in [0.4, 0.5) is 0 Å². The van der Waals surface area contributed by atoms with Crippen LogP contribution in [0.1, 0.15) is 40.0 Å². The van der Waals surface area contributed by atoms with Crippen LogP contribution in [0.3, 0.4) is 0 Å². The summed E-state index contributed by atoms with van der Waals surface area (Å²) in [5, 5.41) is 16.5. The van der Waals surface area contributed by atoms with Crippen LogP contribution in [0.25, 0.3) is 5.82 Å². The van der Waals surface area contributed by atoms with E-state index in [1.807, 2.05) is 24.5 Å². The van der Waals surface area contributed by atoms with Gasteiger partial charge in [-0.2, -0.15) is 0 Å². The van der Waals surface area contributed by atoms with Gasteiger partial charge in [-0.25, -0.2) is 0 Å². The molecule has 1 atom stereocenters. The van der Waals surface area contributed by atoms with E-state index in [0.717, 1.165) is 5.69 Å². The third-order valence-corrected chi connectivity index (χ3v) is 5.01. The number of carbonyl (C=O) groups is 2. The Bertz CT molecular complexity index is 1020. The Hall–Kier alpha value is -3.35. The number of carboxylic acids is 1. The van der Waals surface area contributed by atoms with E-state index in [2.05, 4.69) is 10.5 Å². The van der Waals surface area contributed by atoms with Crippen LogP contribution >= 0.6 is 0 Å². The summed E-state index contributed by atoms with van der Waals surface area (Å²) in [7, 11) is 0. The largest absolute Gasteiger partial charge is 0.481 e. The molecule has 1 aromatic carbocycles. The number of aliphatic carboxylic acids is 1. The molecule has 28 heavy (non-hydrogen) atoms. The van der Waals surface area contributed by atoms with E-state index < -0.39 is 11.4 Å². The third-order valence-electron chi connectivity index (χ3n) is 5.01. The van der Waals surface area contributed by atoms with Gasteiger partial charge in [-0.3, -0.25) is 14.2 Å². The van der Waals surface area contributed by atoms with Gasteiger partial charge in [0.15, 0.2) is 5.82 Å². The Balaban J connectivity index is 1.85. The Morgan fingerprint density at radius 1 is 1.18 bits per heavy atom. The molecule has 0 bridgehead atoms. The van der Waals surface area contributed by atoms with Crippen molar-refractivity contribution < 1.29 is 19.2 Å². The topological polar surface area (TPSA) is 97.4 Å². The Morgan fingerprint density at radius 2 is 1.86 bits per heavy atom. The number of hydrogen-bond donors (Lipinski definition) is 2. The second-order valence-corrected chi connectivity index (χ2v) is 7.10. The number of carbonyl (C=O) groups excluding carboxylic acids is 1. The number of aromatic nitrogens is 2. The van der Waals surface area contributed by atoms with Gasteiger partial charge >= 0.3 is 5.97 Å². The molecule has 7 nitrogen and oxygen atoms in total. The molecule has 3 aromatic rings. The summed E-state index contributed by atoms with van der Waals surface area (Å²) in [4.78, 5) is 24.7. The normalized spacial score (nSPS) is 13.1. The lowest BCUT2D eigenvalue weighted by Gasteiger charge is -2.25. The average Bonchev–Trinajstić information content (AvgIpc) is 3.22. The van der Waals surface area contributed by atoms with Crippen molar-refractivity contribution in [3.8, 4) is 5.82 Å². The number of benzene rings is 1. The van der Waals surface area contributed by atoms with Gasteiger partial charge in [-0.1, -0.05) is 35.5 Å². The maximum atomic E-state index is 12.8. The molecule has 0 saturated heterocycles. The van der Waals surface area contributed by atoms with E-state index in [1.54, 1.807) is 50.2 Å². The van der Waals surface area contributed by atoms with Gasteiger partial charge in [-0.05, 0) is 39.3 Å². The van der Waals surface area contributed by atoms with E-state index in [1.165, 1.54) is 0 Å². The summed E-state index contributed by atoms with van der Waals surface area (Å²) in [5.41, 5.74) is 1.41. The van der Waals surface area contributed by atoms with Crippen molar-refractivity contribution in [2.24, 2.45) is 0 Å². The van der Waals surface area contributed by atoms with Crippen LogP contribution in [-0.2, 0) is 10.2 Å². The number of amides is 1. The lowest BCUT2D eigenvalue weighted by Crippen LogP contribution is -2.44. The standard InChI is InChI=1S/C21H23N3O4/c1-13-10-17(15(3)24(13)18-11-14(2)28-23-18)19(25)22-12-21(4,20(26)27)16-8-6-5-7-9-16/h5-11H,12H2,1-4H3,(H,22,25)(H,26,27). The number of hydrogen-bond acceptors (Lipinski definition) is 4. The molecule has 0 spiro atoms. The third kappa shape index (κ3) is 3.43. The maximum absolute atomic E-state index is 12.8. The lowest BCUT2D eigenvalue weighted by atomic mass is 9.82. The van der Waals surface area contributed by atoms with E-state index in [-0.39, 0.29) is 12.5 Å². The van der Waals surface area contributed by atoms with Crippen LogP contribution in [0.15, 0.2) is 47.0 Å². The molecular weight excluding hydrogens is 358 g/mol. The minimum atomic E-state index is -1.23. The molecule has 2 N–H and O–H groups in total. The first kappa shape index (κ1) is 19.4. The number of nitrogens with one attached hydrogen (secondary N) is 1. The first-order chi connectivity index (χ1) is 13.2. The summed E-state index contributed by atoms with van der Waals surface area (Å²) in [6, 6.07) is 12.4. The first-order valence-electron chi connectivity index (χ1n) is 8.94. The Morgan fingerprint density at radius 3 is 2.43 bits per heavy atom. The highest BCUT2D eigenvalue weighted by Gasteiger charge is 2.35. The van der Waals surface area contributed by atoms with Crippen LogP contribution in [0.2, 0.25) is 0 Å². The summed E-state index contributed by atoms with van der Waals surface area (Å²) in [6.45, 7) is 7.07. The zero-order chi connectivity index (χ0) is 20.5. The highest BCUT2D eigenvalue weighted by atomic mass is 16.5. The fraction of sp³-hybridized carbons (Fsp3) is 0.286. The minimum absolute atomic E-state index is 0.0298. The summed E-state index contributed by atoms with van der Waals surface area (Å²) >= 11 is 0. The SMILES string of the molecule is Cc1cc(-n2c(C)cc(C(=O)NCC(C)(C(=O)O)c3ccccc3)c2C)no1. The minimum Gasteiger partial charge on any atom is -0.481 e. The molecule has 0 fully saturated rings. The van der Waals surface area contributed by atoms with E-state index >= 15 is 0 Å². The zero-order valence-corrected chi connectivity index (χ0v) is 16.3. The van der Waals surface area contributed by atoms with Gasteiger partial charge in [0.2, 0.25) is 0 Å². The number of rotatable bonds is 6. The highest BCUT2D eigenvalue weighted by Crippen LogP contribution is 2.24. The quantitative estimate of drug-likeness (QED) is 0.684. The van der Waals surface area contributed by atoms with Crippen molar-refractivity contribution in [3.05, 3.63) is 70.7 Å². The molecule has 3 rings (SSSR count). The molecule has 0 aliphatic rings. The van der Waals surface area contributed by atoms with Crippen LogP contribution in [0.5, 0.6) is 0 Å². The van der Waals surface area contributed by atoms with Crippen molar-refractivity contribution in [1.29, 1.82) is 0 Å². The summed E-state index contributed by atoms with van der Waals surface area (Å²) < 4.78 is 6.96. The number of nitrogens with zero attached hydrogens (tertiary/aromatic N) is 2. The molecule has 0 aliphatic heterocycles. The zero-order valence-electron chi connectivity index (χ0n) is 16.3. The predicted octanol–water partition coefficient (Wildman–Crippen LogP) is 3.16. The van der Waals surface area contributed by atoms with Gasteiger partial charge in [0, 0.05) is 24.0 Å². The average molecular weight is 381 g/mol. The second kappa shape index (κ2) is 7.34.